The van der Waals surface area contributed by atoms with Crippen LogP contribution in [0.25, 0.3) is 0 Å². The van der Waals surface area contributed by atoms with Gasteiger partial charge in [0.25, 0.3) is 0 Å². The summed E-state index contributed by atoms with van der Waals surface area (Å²) < 4.78 is 26.7. The van der Waals surface area contributed by atoms with Gasteiger partial charge >= 0.3 is 0 Å². The summed E-state index contributed by atoms with van der Waals surface area (Å²) in [4.78, 5) is 15.9. The molecule has 1 heterocycles. The molecule has 0 bridgehead atoms. The molecule has 0 spiro atoms. The number of carbonyl (C=O) groups excluding carboxylic acids is 1. The average molecular weight is 289 g/mol. The van der Waals surface area contributed by atoms with Crippen molar-refractivity contribution < 1.29 is 13.1 Å². The monoisotopic (exact) mass is 288 g/mol. The summed E-state index contributed by atoms with van der Waals surface area (Å²) in [6, 6.07) is 3.55. The quantitative estimate of drug-likeness (QED) is 0.810. The first kappa shape index (κ1) is 13.0. The van der Waals surface area contributed by atoms with Gasteiger partial charge in [-0.05, 0) is 25.1 Å². The Kier molecular flexibility index (Phi) is 3.68. The third-order valence-corrected chi connectivity index (χ3v) is 3.23. The summed E-state index contributed by atoms with van der Waals surface area (Å²) in [7, 11) is 0. The lowest BCUT2D eigenvalue weighted by Crippen LogP contribution is -2.08. The van der Waals surface area contributed by atoms with Gasteiger partial charge in [0.1, 0.15) is 5.82 Å². The molecule has 2 rings (SSSR count). The Morgan fingerprint density at radius 3 is 2.83 bits per heavy atom. The fraction of sp³-hybridized carbons (Fsp3) is 0.0909. The number of ketones is 1. The van der Waals surface area contributed by atoms with Crippen molar-refractivity contribution in [1.29, 1.82) is 0 Å². The van der Waals surface area contributed by atoms with Gasteiger partial charge in [-0.1, -0.05) is 11.6 Å². The van der Waals surface area contributed by atoms with E-state index in [2.05, 4.69) is 4.98 Å². The second-order valence-electron chi connectivity index (χ2n) is 3.54. The zero-order valence-corrected chi connectivity index (χ0v) is 10.7. The zero-order valence-electron chi connectivity index (χ0n) is 9.15. The summed E-state index contributed by atoms with van der Waals surface area (Å²) >= 11 is 5.48. The van der Waals surface area contributed by atoms with Gasteiger partial charge in [0.05, 0.1) is 5.02 Å². The molecule has 7 heteroatoms. The second-order valence-corrected chi connectivity index (χ2v) is 4.45. The first-order valence-electron chi connectivity index (χ1n) is 4.87. The summed E-state index contributed by atoms with van der Waals surface area (Å²) in [6.45, 7) is 1.62. The molecule has 0 fully saturated rings. The van der Waals surface area contributed by atoms with Crippen molar-refractivity contribution in [1.82, 2.24) is 8.96 Å². The number of nitrogens with zero attached hydrogens (tertiary/aromatic N) is 2. The lowest BCUT2D eigenvalue weighted by Gasteiger charge is -2.03. The molecule has 0 aliphatic rings. The van der Waals surface area contributed by atoms with Gasteiger partial charge in [-0.15, -0.1) is 3.89 Å². The highest BCUT2D eigenvalue weighted by molar-refractivity contribution is 7.92. The molecule has 0 radical (unpaired) electrons. The highest BCUT2D eigenvalue weighted by Gasteiger charge is 2.19. The number of aromatic nitrogens is 2. The first-order valence-corrected chi connectivity index (χ1v) is 5.93. The molecule has 0 saturated carbocycles. The number of carbonyl (C=O) groups is 1. The van der Waals surface area contributed by atoms with Gasteiger partial charge in [-0.2, -0.15) is 0 Å². The fourth-order valence-electron chi connectivity index (χ4n) is 1.43. The summed E-state index contributed by atoms with van der Waals surface area (Å²) in [6.07, 6.45) is 1.38. The van der Waals surface area contributed by atoms with E-state index in [4.69, 9.17) is 11.6 Å². The van der Waals surface area contributed by atoms with Crippen molar-refractivity contribution in [2.75, 3.05) is 0 Å². The summed E-state index contributed by atoms with van der Waals surface area (Å²) in [5.74, 6) is -1.20. The zero-order chi connectivity index (χ0) is 13.3. The van der Waals surface area contributed by atoms with Crippen molar-refractivity contribution in [2.24, 2.45) is 0 Å². The van der Waals surface area contributed by atoms with Crippen molar-refractivity contribution in [3.05, 3.63) is 52.3 Å². The lowest BCUT2D eigenvalue weighted by atomic mass is 10.1. The second kappa shape index (κ2) is 5.07. The van der Waals surface area contributed by atoms with Crippen molar-refractivity contribution >= 4 is 29.7 Å². The normalized spacial score (nSPS) is 10.7. The standard InChI is InChI=1S/C11H7ClF2N2OS/c1-6-5-15-11(16(6)18-14)10(17)7-2-3-9(13)8(12)4-7/h2-5H,1H3. The molecule has 2 aromatic rings. The molecule has 0 aliphatic heterocycles. The van der Waals surface area contributed by atoms with Crippen LogP contribution < -0.4 is 0 Å². The van der Waals surface area contributed by atoms with Gasteiger partial charge < -0.3 is 0 Å². The lowest BCUT2D eigenvalue weighted by molar-refractivity contribution is 0.102. The number of benzene rings is 1. The van der Waals surface area contributed by atoms with Crippen LogP contribution in [0.5, 0.6) is 0 Å². The number of rotatable bonds is 3. The molecule has 0 aliphatic carbocycles. The van der Waals surface area contributed by atoms with Crippen LogP contribution in [0.4, 0.5) is 8.28 Å². The van der Waals surface area contributed by atoms with Crippen LogP contribution in [-0.2, 0) is 0 Å². The number of aryl methyl sites for hydroxylation is 1. The molecule has 1 aromatic carbocycles. The summed E-state index contributed by atoms with van der Waals surface area (Å²) in [5.41, 5.74) is 0.654. The van der Waals surface area contributed by atoms with Crippen LogP contribution in [0.15, 0.2) is 24.4 Å². The number of halogens is 3. The fourth-order valence-corrected chi connectivity index (χ4v) is 1.96. The van der Waals surface area contributed by atoms with E-state index in [1.165, 1.54) is 18.3 Å². The van der Waals surface area contributed by atoms with E-state index in [0.29, 0.717) is 5.69 Å². The Hall–Kier alpha value is -1.40. The van der Waals surface area contributed by atoms with Gasteiger partial charge in [0, 0.05) is 17.5 Å². The topological polar surface area (TPSA) is 34.9 Å². The smallest absolute Gasteiger partial charge is 0.229 e. The van der Waals surface area contributed by atoms with Crippen molar-refractivity contribution in [3.8, 4) is 0 Å². The molecule has 0 atom stereocenters. The van der Waals surface area contributed by atoms with Crippen LogP contribution in [-0.4, -0.2) is 14.7 Å². The predicted molar refractivity (Wildman–Crippen MR) is 65.9 cm³/mol. The van der Waals surface area contributed by atoms with E-state index < -0.39 is 11.6 Å². The number of imidazole rings is 1. The van der Waals surface area contributed by atoms with Gasteiger partial charge in [-0.3, -0.25) is 4.79 Å². The molecular formula is C11H7ClF2N2OS. The van der Waals surface area contributed by atoms with Gasteiger partial charge in [0.15, 0.2) is 18.2 Å². The SMILES string of the molecule is Cc1cnc(C(=O)c2ccc(F)c(Cl)c2)n1SF. The molecule has 0 unspecified atom stereocenters. The van der Waals surface area contributed by atoms with E-state index >= 15 is 0 Å². The molecule has 1 aromatic heterocycles. The minimum absolute atomic E-state index is 0.0670. The Bertz CT molecular complexity index is 615. The van der Waals surface area contributed by atoms with Crippen LogP contribution in [0.2, 0.25) is 5.02 Å². The minimum atomic E-state index is -0.618. The highest BCUT2D eigenvalue weighted by Crippen LogP contribution is 2.21. The molecule has 0 saturated heterocycles. The molecule has 94 valence electrons. The van der Waals surface area contributed by atoms with Gasteiger partial charge in [0.2, 0.25) is 5.78 Å². The predicted octanol–water partition coefficient (Wildman–Crippen LogP) is 3.60. The number of hydrogen-bond acceptors (Lipinski definition) is 3. The highest BCUT2D eigenvalue weighted by atomic mass is 35.5. The van der Waals surface area contributed by atoms with Crippen LogP contribution in [0.3, 0.4) is 0 Å². The third-order valence-electron chi connectivity index (χ3n) is 2.34. The van der Waals surface area contributed by atoms with Crippen molar-refractivity contribution in [2.45, 2.75) is 6.92 Å². The minimum Gasteiger partial charge on any atom is -0.285 e. The maximum Gasteiger partial charge on any atom is 0.229 e. The van der Waals surface area contributed by atoms with Crippen LogP contribution >= 0.6 is 23.9 Å². The van der Waals surface area contributed by atoms with E-state index in [1.54, 1.807) is 6.92 Å². The summed E-state index contributed by atoms with van der Waals surface area (Å²) in [5, 5.41) is -0.163. The molecular weight excluding hydrogens is 282 g/mol. The van der Waals surface area contributed by atoms with E-state index in [-0.39, 0.29) is 28.7 Å². The van der Waals surface area contributed by atoms with Crippen LogP contribution in [0, 0.1) is 12.7 Å². The van der Waals surface area contributed by atoms with E-state index in [9.17, 15) is 13.1 Å². The van der Waals surface area contributed by atoms with E-state index in [1.807, 2.05) is 0 Å². The molecule has 18 heavy (non-hydrogen) atoms. The van der Waals surface area contributed by atoms with Crippen molar-refractivity contribution in [3.63, 3.8) is 0 Å². The Labute approximate surface area is 111 Å². The molecule has 0 amide bonds. The third kappa shape index (κ3) is 2.26. The average Bonchev–Trinajstić information content (AvgIpc) is 2.73. The van der Waals surface area contributed by atoms with Gasteiger partial charge in [-0.25, -0.2) is 13.3 Å². The maximum absolute atomic E-state index is 13.0. The maximum atomic E-state index is 13.0. The number of hydrogen-bond donors (Lipinski definition) is 0. The first-order chi connectivity index (χ1) is 8.54. The largest absolute Gasteiger partial charge is 0.285 e. The van der Waals surface area contributed by atoms with Crippen LogP contribution in [0.1, 0.15) is 21.9 Å². The van der Waals surface area contributed by atoms with E-state index in [0.717, 1.165) is 10.0 Å². The Morgan fingerprint density at radius 1 is 1.50 bits per heavy atom. The molecule has 3 nitrogen and oxygen atoms in total. The molecule has 0 N–H and O–H groups in total. The Balaban J connectivity index is 2.44. The Morgan fingerprint density at radius 2 is 2.22 bits per heavy atom.